The normalized spacial score (nSPS) is 11.8. The van der Waals surface area contributed by atoms with Crippen LogP contribution < -0.4 is 11.1 Å². The topological polar surface area (TPSA) is 83.8 Å². The highest BCUT2D eigenvalue weighted by molar-refractivity contribution is 5.87. The van der Waals surface area contributed by atoms with Crippen LogP contribution in [0, 0.1) is 0 Å². The SMILES string of the molecule is CCC(N)(CC)CNC(=O)Cc1[nH]nc2ccccc12. The van der Waals surface area contributed by atoms with Crippen molar-refractivity contribution in [2.24, 2.45) is 5.73 Å². The van der Waals surface area contributed by atoms with Gasteiger partial charge in [-0.1, -0.05) is 32.0 Å². The number of H-pyrrole nitrogens is 1. The van der Waals surface area contributed by atoms with Crippen molar-refractivity contribution in [1.82, 2.24) is 15.5 Å². The van der Waals surface area contributed by atoms with E-state index in [1.54, 1.807) is 0 Å². The molecule has 108 valence electrons. The van der Waals surface area contributed by atoms with Crippen molar-refractivity contribution < 1.29 is 4.79 Å². The number of nitrogens with one attached hydrogen (secondary N) is 2. The van der Waals surface area contributed by atoms with E-state index in [-0.39, 0.29) is 11.4 Å². The number of aromatic nitrogens is 2. The van der Waals surface area contributed by atoms with Crippen molar-refractivity contribution in [3.63, 3.8) is 0 Å². The Labute approximate surface area is 118 Å². The summed E-state index contributed by atoms with van der Waals surface area (Å²) in [5.74, 6) is -0.0314. The predicted octanol–water partition coefficient (Wildman–Crippen LogP) is 1.74. The zero-order valence-electron chi connectivity index (χ0n) is 12.1. The van der Waals surface area contributed by atoms with Gasteiger partial charge in [-0.15, -0.1) is 0 Å². The lowest BCUT2D eigenvalue weighted by molar-refractivity contribution is -0.120. The molecule has 1 aromatic heterocycles. The second-order valence-corrected chi connectivity index (χ2v) is 5.24. The Morgan fingerprint density at radius 2 is 2.05 bits per heavy atom. The Balaban J connectivity index is 1.98. The first kappa shape index (κ1) is 14.5. The average molecular weight is 274 g/mol. The van der Waals surface area contributed by atoms with Gasteiger partial charge in [-0.3, -0.25) is 9.89 Å². The fraction of sp³-hybridized carbons (Fsp3) is 0.467. The van der Waals surface area contributed by atoms with Crippen LogP contribution >= 0.6 is 0 Å². The molecule has 2 aromatic rings. The Kier molecular flexibility index (Phi) is 4.39. The van der Waals surface area contributed by atoms with Crippen LogP contribution in [0.2, 0.25) is 0 Å². The molecule has 0 aliphatic rings. The van der Waals surface area contributed by atoms with E-state index in [0.29, 0.717) is 13.0 Å². The van der Waals surface area contributed by atoms with E-state index in [2.05, 4.69) is 15.5 Å². The Morgan fingerprint density at radius 3 is 2.75 bits per heavy atom. The molecular formula is C15H22N4O. The molecule has 0 atom stereocenters. The maximum Gasteiger partial charge on any atom is 0.226 e. The summed E-state index contributed by atoms with van der Waals surface area (Å²) in [6.45, 7) is 4.58. The maximum atomic E-state index is 12.0. The molecule has 1 heterocycles. The quantitative estimate of drug-likeness (QED) is 0.750. The van der Waals surface area contributed by atoms with Gasteiger partial charge in [-0.2, -0.15) is 5.10 Å². The number of hydrogen-bond donors (Lipinski definition) is 3. The molecule has 1 amide bonds. The lowest BCUT2D eigenvalue weighted by Crippen LogP contribution is -2.49. The number of nitrogens with zero attached hydrogens (tertiary/aromatic N) is 1. The van der Waals surface area contributed by atoms with Gasteiger partial charge in [0.05, 0.1) is 17.6 Å². The zero-order valence-corrected chi connectivity index (χ0v) is 12.1. The molecule has 5 nitrogen and oxygen atoms in total. The summed E-state index contributed by atoms with van der Waals surface area (Å²) in [7, 11) is 0. The molecule has 1 aromatic carbocycles. The first-order chi connectivity index (χ1) is 9.58. The summed E-state index contributed by atoms with van der Waals surface area (Å²) in [5.41, 5.74) is 7.58. The van der Waals surface area contributed by atoms with E-state index in [1.807, 2.05) is 38.1 Å². The average Bonchev–Trinajstić information content (AvgIpc) is 2.88. The maximum absolute atomic E-state index is 12.0. The molecular weight excluding hydrogens is 252 g/mol. The van der Waals surface area contributed by atoms with Crippen LogP contribution in [0.5, 0.6) is 0 Å². The van der Waals surface area contributed by atoms with Crippen LogP contribution in [0.25, 0.3) is 10.9 Å². The molecule has 4 N–H and O–H groups in total. The lowest BCUT2D eigenvalue weighted by atomic mass is 9.94. The largest absolute Gasteiger partial charge is 0.354 e. The van der Waals surface area contributed by atoms with E-state index in [9.17, 15) is 4.79 Å². The standard InChI is InChI=1S/C15H22N4O/c1-3-15(16,4-2)10-17-14(20)9-13-11-7-5-6-8-12(11)18-19-13/h5-8H,3-4,9-10,16H2,1-2H3,(H,17,20)(H,18,19). The Bertz CT molecular complexity index is 586. The van der Waals surface area contributed by atoms with Gasteiger partial charge in [0.25, 0.3) is 0 Å². The zero-order chi connectivity index (χ0) is 14.6. The van der Waals surface area contributed by atoms with Gasteiger partial charge >= 0.3 is 0 Å². The summed E-state index contributed by atoms with van der Waals surface area (Å²) in [4.78, 5) is 12.0. The molecule has 0 spiro atoms. The van der Waals surface area contributed by atoms with E-state index in [4.69, 9.17) is 5.73 Å². The van der Waals surface area contributed by atoms with Crippen molar-refractivity contribution in [1.29, 1.82) is 0 Å². The van der Waals surface area contributed by atoms with Crippen molar-refractivity contribution >= 4 is 16.8 Å². The summed E-state index contributed by atoms with van der Waals surface area (Å²) >= 11 is 0. The minimum atomic E-state index is -0.314. The van der Waals surface area contributed by atoms with Crippen molar-refractivity contribution in [2.45, 2.75) is 38.6 Å². The van der Waals surface area contributed by atoms with Gasteiger partial charge in [0.2, 0.25) is 5.91 Å². The van der Waals surface area contributed by atoms with Crippen LogP contribution in [0.3, 0.4) is 0 Å². The van der Waals surface area contributed by atoms with Crippen LogP contribution in [-0.2, 0) is 11.2 Å². The molecule has 0 bridgehead atoms. The highest BCUT2D eigenvalue weighted by atomic mass is 16.1. The lowest BCUT2D eigenvalue weighted by Gasteiger charge is -2.26. The summed E-state index contributed by atoms with van der Waals surface area (Å²) in [6.07, 6.45) is 1.98. The van der Waals surface area contributed by atoms with E-state index in [0.717, 1.165) is 29.4 Å². The fourth-order valence-corrected chi connectivity index (χ4v) is 2.15. The van der Waals surface area contributed by atoms with Crippen LogP contribution in [0.1, 0.15) is 32.4 Å². The summed E-state index contributed by atoms with van der Waals surface area (Å²) in [5, 5.41) is 11.0. The van der Waals surface area contributed by atoms with Gasteiger partial charge in [0.15, 0.2) is 0 Å². The van der Waals surface area contributed by atoms with E-state index >= 15 is 0 Å². The van der Waals surface area contributed by atoms with Crippen LogP contribution in [-0.4, -0.2) is 28.2 Å². The minimum absolute atomic E-state index is 0.0314. The number of rotatable bonds is 6. The van der Waals surface area contributed by atoms with Gasteiger partial charge in [-0.05, 0) is 18.9 Å². The molecule has 2 rings (SSSR count). The highest BCUT2D eigenvalue weighted by Crippen LogP contribution is 2.15. The third kappa shape index (κ3) is 3.17. The molecule has 20 heavy (non-hydrogen) atoms. The second-order valence-electron chi connectivity index (χ2n) is 5.24. The Morgan fingerprint density at radius 1 is 1.35 bits per heavy atom. The second kappa shape index (κ2) is 6.05. The van der Waals surface area contributed by atoms with Crippen molar-refractivity contribution in [3.05, 3.63) is 30.0 Å². The molecule has 0 unspecified atom stereocenters. The number of carbonyl (C=O) groups excluding carboxylic acids is 1. The molecule has 5 heteroatoms. The fourth-order valence-electron chi connectivity index (χ4n) is 2.15. The molecule has 0 aliphatic carbocycles. The van der Waals surface area contributed by atoms with Gasteiger partial charge in [0.1, 0.15) is 0 Å². The van der Waals surface area contributed by atoms with Crippen molar-refractivity contribution in [3.8, 4) is 0 Å². The number of para-hydroxylation sites is 1. The number of carbonyl (C=O) groups is 1. The number of hydrogen-bond acceptors (Lipinski definition) is 3. The molecule has 0 saturated carbocycles. The predicted molar refractivity (Wildman–Crippen MR) is 80.3 cm³/mol. The minimum Gasteiger partial charge on any atom is -0.354 e. The number of nitrogens with two attached hydrogens (primary N) is 1. The van der Waals surface area contributed by atoms with E-state index < -0.39 is 0 Å². The van der Waals surface area contributed by atoms with Gasteiger partial charge in [-0.25, -0.2) is 0 Å². The summed E-state index contributed by atoms with van der Waals surface area (Å²) in [6, 6.07) is 7.76. The number of fused-ring (bicyclic) bond motifs is 1. The summed E-state index contributed by atoms with van der Waals surface area (Å²) < 4.78 is 0. The third-order valence-electron chi connectivity index (χ3n) is 3.92. The first-order valence-electron chi connectivity index (χ1n) is 7.05. The highest BCUT2D eigenvalue weighted by Gasteiger charge is 2.21. The van der Waals surface area contributed by atoms with Gasteiger partial charge in [0, 0.05) is 17.5 Å². The smallest absolute Gasteiger partial charge is 0.226 e. The number of amides is 1. The Hall–Kier alpha value is -1.88. The third-order valence-corrected chi connectivity index (χ3v) is 3.92. The van der Waals surface area contributed by atoms with Gasteiger partial charge < -0.3 is 11.1 Å². The van der Waals surface area contributed by atoms with Crippen LogP contribution in [0.4, 0.5) is 0 Å². The molecule has 0 radical (unpaired) electrons. The van der Waals surface area contributed by atoms with Crippen molar-refractivity contribution in [2.75, 3.05) is 6.54 Å². The first-order valence-corrected chi connectivity index (χ1v) is 7.05. The number of aromatic amines is 1. The molecule has 0 aliphatic heterocycles. The molecule has 0 fully saturated rings. The monoisotopic (exact) mass is 274 g/mol. The number of benzene rings is 1. The van der Waals surface area contributed by atoms with Crippen LogP contribution in [0.15, 0.2) is 24.3 Å². The van der Waals surface area contributed by atoms with E-state index in [1.165, 1.54) is 0 Å². The molecule has 0 saturated heterocycles.